The van der Waals surface area contributed by atoms with Crippen molar-refractivity contribution >= 4 is 46.1 Å². The van der Waals surface area contributed by atoms with Crippen molar-refractivity contribution < 1.29 is 14.3 Å². The van der Waals surface area contributed by atoms with E-state index in [4.69, 9.17) is 16.3 Å². The van der Waals surface area contributed by atoms with Crippen molar-refractivity contribution in [3.05, 3.63) is 76.9 Å². The fourth-order valence-corrected chi connectivity index (χ4v) is 3.32. The Kier molecular flexibility index (Phi) is 4.30. The fourth-order valence-electron chi connectivity index (χ4n) is 3.13. The van der Waals surface area contributed by atoms with Gasteiger partial charge < -0.3 is 10.1 Å². The van der Waals surface area contributed by atoms with Gasteiger partial charge in [-0.3, -0.25) is 4.79 Å². The number of methoxy groups -OCH3 is 1. The standard InChI is InChI=1S/C21H15ClN2O3/c1-27-19-10-9-13-5-2-3-8-16(13)17(19)12-18-20(25)24(21(26)23-18)15-7-4-6-14(22)11-15/h2-12H,1H3,(H,23,26). The third kappa shape index (κ3) is 3.02. The molecular weight excluding hydrogens is 364 g/mol. The first-order chi connectivity index (χ1) is 13.1. The Morgan fingerprint density at radius 1 is 1.04 bits per heavy atom. The van der Waals surface area contributed by atoms with Gasteiger partial charge >= 0.3 is 6.03 Å². The average molecular weight is 379 g/mol. The molecule has 0 radical (unpaired) electrons. The first-order valence-electron chi connectivity index (χ1n) is 8.27. The van der Waals surface area contributed by atoms with E-state index in [2.05, 4.69) is 5.32 Å². The zero-order valence-corrected chi connectivity index (χ0v) is 15.2. The summed E-state index contributed by atoms with van der Waals surface area (Å²) >= 11 is 5.99. The van der Waals surface area contributed by atoms with Crippen molar-refractivity contribution in [3.63, 3.8) is 0 Å². The van der Waals surface area contributed by atoms with E-state index in [1.807, 2.05) is 36.4 Å². The lowest BCUT2D eigenvalue weighted by Gasteiger charge is -2.12. The number of urea groups is 1. The Morgan fingerprint density at radius 2 is 1.85 bits per heavy atom. The maximum atomic E-state index is 12.9. The summed E-state index contributed by atoms with van der Waals surface area (Å²) in [5.74, 6) is 0.168. The summed E-state index contributed by atoms with van der Waals surface area (Å²) in [5.41, 5.74) is 1.32. The van der Waals surface area contributed by atoms with Crippen LogP contribution in [0, 0.1) is 0 Å². The molecule has 0 atom stereocenters. The monoisotopic (exact) mass is 378 g/mol. The van der Waals surface area contributed by atoms with Gasteiger partial charge in [-0.25, -0.2) is 9.69 Å². The lowest BCUT2D eigenvalue weighted by atomic mass is 10.0. The Labute approximate surface area is 160 Å². The molecule has 3 aromatic carbocycles. The van der Waals surface area contributed by atoms with Crippen LogP contribution in [0.5, 0.6) is 5.75 Å². The SMILES string of the molecule is COc1ccc2ccccc2c1C=C1NC(=O)N(c2cccc(Cl)c2)C1=O. The first-order valence-corrected chi connectivity index (χ1v) is 8.65. The number of hydrogen-bond acceptors (Lipinski definition) is 3. The molecule has 1 heterocycles. The summed E-state index contributed by atoms with van der Waals surface area (Å²) in [6.07, 6.45) is 1.64. The molecule has 0 aliphatic carbocycles. The Morgan fingerprint density at radius 3 is 2.63 bits per heavy atom. The average Bonchev–Trinajstić information content (AvgIpc) is 2.95. The van der Waals surface area contributed by atoms with Gasteiger partial charge in [0.2, 0.25) is 0 Å². The predicted octanol–water partition coefficient (Wildman–Crippen LogP) is 4.60. The Bertz CT molecular complexity index is 1110. The highest BCUT2D eigenvalue weighted by Crippen LogP contribution is 2.31. The molecule has 3 aromatic rings. The third-order valence-corrected chi connectivity index (χ3v) is 4.62. The van der Waals surface area contributed by atoms with E-state index in [1.165, 1.54) is 0 Å². The molecule has 4 rings (SSSR count). The maximum Gasteiger partial charge on any atom is 0.333 e. The van der Waals surface area contributed by atoms with E-state index in [0.29, 0.717) is 16.5 Å². The molecule has 0 saturated carbocycles. The van der Waals surface area contributed by atoms with Crippen LogP contribution in [0.3, 0.4) is 0 Å². The number of carbonyl (C=O) groups is 2. The Hall–Kier alpha value is -3.31. The molecule has 1 fully saturated rings. The highest BCUT2D eigenvalue weighted by atomic mass is 35.5. The number of anilines is 1. The Balaban J connectivity index is 1.81. The smallest absolute Gasteiger partial charge is 0.333 e. The molecule has 5 nitrogen and oxygen atoms in total. The van der Waals surface area contributed by atoms with Crippen LogP contribution in [0.15, 0.2) is 66.4 Å². The van der Waals surface area contributed by atoms with E-state index >= 15 is 0 Å². The fraction of sp³-hybridized carbons (Fsp3) is 0.0476. The molecule has 0 unspecified atom stereocenters. The van der Waals surface area contributed by atoms with Crippen molar-refractivity contribution in [1.29, 1.82) is 0 Å². The molecule has 134 valence electrons. The molecular formula is C21H15ClN2O3. The molecule has 1 N–H and O–H groups in total. The largest absolute Gasteiger partial charge is 0.496 e. The summed E-state index contributed by atoms with van der Waals surface area (Å²) in [6, 6.07) is 17.6. The van der Waals surface area contributed by atoms with Crippen LogP contribution in [0.2, 0.25) is 5.02 Å². The molecule has 3 amide bonds. The zero-order valence-electron chi connectivity index (χ0n) is 14.4. The predicted molar refractivity (Wildman–Crippen MR) is 106 cm³/mol. The number of carbonyl (C=O) groups excluding carboxylic acids is 2. The number of fused-ring (bicyclic) bond motifs is 1. The number of benzene rings is 3. The second-order valence-corrected chi connectivity index (χ2v) is 6.45. The van der Waals surface area contributed by atoms with Gasteiger partial charge in [-0.2, -0.15) is 0 Å². The summed E-state index contributed by atoms with van der Waals surface area (Å²) < 4.78 is 5.45. The van der Waals surface area contributed by atoms with Gasteiger partial charge in [-0.1, -0.05) is 48.0 Å². The number of nitrogens with one attached hydrogen (secondary N) is 1. The summed E-state index contributed by atoms with van der Waals surface area (Å²) in [4.78, 5) is 26.3. The van der Waals surface area contributed by atoms with E-state index in [-0.39, 0.29) is 5.70 Å². The molecule has 0 aromatic heterocycles. The van der Waals surface area contributed by atoms with Gasteiger partial charge in [0, 0.05) is 10.6 Å². The minimum Gasteiger partial charge on any atom is -0.496 e. The van der Waals surface area contributed by atoms with E-state index in [1.54, 1.807) is 37.5 Å². The van der Waals surface area contributed by atoms with Crippen molar-refractivity contribution in [3.8, 4) is 5.75 Å². The van der Waals surface area contributed by atoms with E-state index in [0.717, 1.165) is 21.2 Å². The van der Waals surface area contributed by atoms with Crippen LogP contribution in [0.1, 0.15) is 5.56 Å². The lowest BCUT2D eigenvalue weighted by molar-refractivity contribution is -0.113. The van der Waals surface area contributed by atoms with Crippen LogP contribution in [0.4, 0.5) is 10.5 Å². The third-order valence-electron chi connectivity index (χ3n) is 4.38. The molecule has 27 heavy (non-hydrogen) atoms. The zero-order chi connectivity index (χ0) is 19.0. The summed E-state index contributed by atoms with van der Waals surface area (Å²) in [6.45, 7) is 0. The minimum absolute atomic E-state index is 0.176. The van der Waals surface area contributed by atoms with Crippen LogP contribution >= 0.6 is 11.6 Å². The van der Waals surface area contributed by atoms with Crippen LogP contribution < -0.4 is 15.0 Å². The van der Waals surface area contributed by atoms with Gasteiger partial charge in [-0.05, 0) is 41.1 Å². The van der Waals surface area contributed by atoms with Crippen molar-refractivity contribution in [1.82, 2.24) is 5.32 Å². The van der Waals surface area contributed by atoms with Gasteiger partial charge in [0.15, 0.2) is 0 Å². The van der Waals surface area contributed by atoms with Crippen LogP contribution in [-0.4, -0.2) is 19.0 Å². The lowest BCUT2D eigenvalue weighted by Crippen LogP contribution is -2.30. The van der Waals surface area contributed by atoms with Crippen molar-refractivity contribution in [2.75, 3.05) is 12.0 Å². The van der Waals surface area contributed by atoms with Crippen LogP contribution in [-0.2, 0) is 4.79 Å². The number of amides is 3. The molecule has 1 saturated heterocycles. The van der Waals surface area contributed by atoms with Gasteiger partial charge in [-0.15, -0.1) is 0 Å². The summed E-state index contributed by atoms with van der Waals surface area (Å²) in [5, 5.41) is 5.01. The van der Waals surface area contributed by atoms with E-state index < -0.39 is 11.9 Å². The molecule has 1 aliphatic heterocycles. The number of halogens is 1. The van der Waals surface area contributed by atoms with E-state index in [9.17, 15) is 9.59 Å². The first kappa shape index (κ1) is 17.1. The van der Waals surface area contributed by atoms with Crippen molar-refractivity contribution in [2.45, 2.75) is 0 Å². The number of rotatable bonds is 3. The van der Waals surface area contributed by atoms with Gasteiger partial charge in [0.05, 0.1) is 12.8 Å². The highest BCUT2D eigenvalue weighted by Gasteiger charge is 2.35. The number of hydrogen-bond donors (Lipinski definition) is 1. The number of ether oxygens (including phenoxy) is 1. The quantitative estimate of drug-likeness (QED) is 0.535. The number of imide groups is 1. The minimum atomic E-state index is -0.521. The van der Waals surface area contributed by atoms with Crippen molar-refractivity contribution in [2.24, 2.45) is 0 Å². The molecule has 6 heteroatoms. The maximum absolute atomic E-state index is 12.9. The molecule has 0 bridgehead atoms. The van der Waals surface area contributed by atoms with Crippen LogP contribution in [0.25, 0.3) is 16.8 Å². The highest BCUT2D eigenvalue weighted by molar-refractivity contribution is 6.32. The topological polar surface area (TPSA) is 58.6 Å². The normalized spacial score (nSPS) is 15.5. The summed E-state index contributed by atoms with van der Waals surface area (Å²) in [7, 11) is 1.57. The second-order valence-electron chi connectivity index (χ2n) is 6.01. The van der Waals surface area contributed by atoms with Gasteiger partial charge in [0.25, 0.3) is 5.91 Å². The molecule has 0 spiro atoms. The van der Waals surface area contributed by atoms with Gasteiger partial charge in [0.1, 0.15) is 11.4 Å². The number of nitrogens with zero attached hydrogens (tertiary/aromatic N) is 1. The second kappa shape index (κ2) is 6.78. The molecule has 1 aliphatic rings.